The molecular formula is C13H11ClF3N3. The van der Waals surface area contributed by atoms with Gasteiger partial charge in [-0.2, -0.15) is 18.3 Å². The van der Waals surface area contributed by atoms with Crippen LogP contribution in [-0.4, -0.2) is 16.0 Å². The number of nitrogens with one attached hydrogen (secondary N) is 1. The molecule has 2 atom stereocenters. The Labute approximate surface area is 118 Å². The van der Waals surface area contributed by atoms with Crippen molar-refractivity contribution in [1.29, 1.82) is 0 Å². The van der Waals surface area contributed by atoms with E-state index >= 15 is 0 Å². The number of fused-ring (bicyclic) bond motifs is 1. The minimum absolute atomic E-state index is 0.0974. The van der Waals surface area contributed by atoms with Crippen LogP contribution in [0.3, 0.4) is 0 Å². The van der Waals surface area contributed by atoms with Crippen LogP contribution in [-0.2, 0) is 0 Å². The van der Waals surface area contributed by atoms with Gasteiger partial charge in [0.25, 0.3) is 0 Å². The summed E-state index contributed by atoms with van der Waals surface area (Å²) in [5.74, 6) is 0.374. The van der Waals surface area contributed by atoms with E-state index in [1.54, 1.807) is 30.3 Å². The van der Waals surface area contributed by atoms with Gasteiger partial charge in [0.1, 0.15) is 5.82 Å². The van der Waals surface area contributed by atoms with E-state index in [2.05, 4.69) is 10.4 Å². The summed E-state index contributed by atoms with van der Waals surface area (Å²) >= 11 is 5.80. The average molecular weight is 302 g/mol. The fourth-order valence-corrected chi connectivity index (χ4v) is 2.55. The van der Waals surface area contributed by atoms with Crippen molar-refractivity contribution in [3.8, 4) is 0 Å². The molecule has 20 heavy (non-hydrogen) atoms. The van der Waals surface area contributed by atoms with Crippen LogP contribution in [0.2, 0.25) is 5.02 Å². The second-order valence-corrected chi connectivity index (χ2v) is 5.14. The summed E-state index contributed by atoms with van der Waals surface area (Å²) in [5, 5.41) is 7.39. The number of halogens is 4. The first kappa shape index (κ1) is 13.3. The smallest absolute Gasteiger partial charge is 0.363 e. The fraction of sp³-hybridized carbons (Fsp3) is 0.308. The van der Waals surface area contributed by atoms with Gasteiger partial charge >= 0.3 is 6.18 Å². The van der Waals surface area contributed by atoms with Crippen molar-refractivity contribution in [3.63, 3.8) is 0 Å². The quantitative estimate of drug-likeness (QED) is 0.855. The van der Waals surface area contributed by atoms with Crippen LogP contribution in [0.4, 0.5) is 19.0 Å². The molecule has 0 saturated heterocycles. The molecule has 3 nitrogen and oxygen atoms in total. The van der Waals surface area contributed by atoms with Crippen LogP contribution < -0.4 is 5.32 Å². The Morgan fingerprint density at radius 2 is 1.90 bits per heavy atom. The van der Waals surface area contributed by atoms with E-state index in [4.69, 9.17) is 11.6 Å². The highest BCUT2D eigenvalue weighted by Crippen LogP contribution is 2.43. The summed E-state index contributed by atoms with van der Waals surface area (Å²) < 4.78 is 40.4. The average Bonchev–Trinajstić information content (AvgIpc) is 2.85. The first-order valence-corrected chi connectivity index (χ1v) is 6.45. The van der Waals surface area contributed by atoms with Gasteiger partial charge in [0.15, 0.2) is 6.04 Å². The van der Waals surface area contributed by atoms with E-state index < -0.39 is 18.3 Å². The molecule has 0 aliphatic carbocycles. The number of hydrogen-bond donors (Lipinski definition) is 1. The highest BCUT2D eigenvalue weighted by atomic mass is 35.5. The molecule has 7 heteroatoms. The number of nitrogens with zero attached hydrogens (tertiary/aromatic N) is 2. The molecule has 0 spiro atoms. The molecule has 1 aliphatic heterocycles. The van der Waals surface area contributed by atoms with Crippen LogP contribution >= 0.6 is 11.6 Å². The van der Waals surface area contributed by atoms with Crippen LogP contribution in [0.1, 0.15) is 24.1 Å². The zero-order chi connectivity index (χ0) is 14.3. The molecule has 2 aromatic rings. The van der Waals surface area contributed by atoms with Crippen LogP contribution in [0.25, 0.3) is 0 Å². The maximum atomic E-state index is 13.1. The second kappa shape index (κ2) is 4.70. The molecule has 0 amide bonds. The van der Waals surface area contributed by atoms with Crippen molar-refractivity contribution in [2.75, 3.05) is 5.32 Å². The highest BCUT2D eigenvalue weighted by molar-refractivity contribution is 6.30. The molecule has 2 heterocycles. The van der Waals surface area contributed by atoms with Gasteiger partial charge in [-0.25, -0.2) is 4.68 Å². The molecule has 1 aromatic carbocycles. The lowest BCUT2D eigenvalue weighted by atomic mass is 9.97. The molecule has 2 unspecified atom stereocenters. The van der Waals surface area contributed by atoms with Gasteiger partial charge in [0.05, 0.1) is 12.2 Å². The van der Waals surface area contributed by atoms with E-state index in [1.807, 2.05) is 0 Å². The van der Waals surface area contributed by atoms with Crippen LogP contribution in [0, 0.1) is 0 Å². The summed E-state index contributed by atoms with van der Waals surface area (Å²) in [6, 6.07) is 6.33. The third kappa shape index (κ3) is 2.35. The summed E-state index contributed by atoms with van der Waals surface area (Å²) in [6.45, 7) is 0. The van der Waals surface area contributed by atoms with Crippen molar-refractivity contribution in [2.45, 2.75) is 24.7 Å². The number of rotatable bonds is 1. The van der Waals surface area contributed by atoms with E-state index in [9.17, 15) is 13.2 Å². The van der Waals surface area contributed by atoms with Crippen LogP contribution in [0.5, 0.6) is 0 Å². The fourth-order valence-electron chi connectivity index (χ4n) is 2.42. The second-order valence-electron chi connectivity index (χ2n) is 4.70. The normalized spacial score (nSPS) is 22.2. The lowest BCUT2D eigenvalue weighted by molar-refractivity contribution is -0.173. The number of benzene rings is 1. The molecule has 0 fully saturated rings. The molecule has 1 aliphatic rings. The van der Waals surface area contributed by atoms with Crippen molar-refractivity contribution in [1.82, 2.24) is 9.78 Å². The van der Waals surface area contributed by atoms with Gasteiger partial charge in [-0.15, -0.1) is 0 Å². The van der Waals surface area contributed by atoms with Gasteiger partial charge < -0.3 is 5.32 Å². The number of hydrogen-bond acceptors (Lipinski definition) is 2. The number of anilines is 1. The first-order valence-electron chi connectivity index (χ1n) is 6.07. The van der Waals surface area contributed by atoms with E-state index in [1.165, 1.54) is 6.20 Å². The summed E-state index contributed by atoms with van der Waals surface area (Å²) in [6.07, 6.45) is -3.06. The topological polar surface area (TPSA) is 29.9 Å². The SMILES string of the molecule is FC(F)(F)C1CC(c2ccc(Cl)cc2)Nc2ccnn21. The molecular weight excluding hydrogens is 291 g/mol. The van der Waals surface area contributed by atoms with E-state index in [0.717, 1.165) is 10.2 Å². The minimum Gasteiger partial charge on any atom is -0.363 e. The maximum Gasteiger partial charge on any atom is 0.410 e. The lowest BCUT2D eigenvalue weighted by Gasteiger charge is -2.33. The zero-order valence-electron chi connectivity index (χ0n) is 10.2. The van der Waals surface area contributed by atoms with Gasteiger partial charge in [-0.3, -0.25) is 0 Å². The molecule has 1 N–H and O–H groups in total. The molecule has 3 rings (SSSR count). The third-order valence-corrected chi connectivity index (χ3v) is 3.65. The van der Waals surface area contributed by atoms with Crippen molar-refractivity contribution in [3.05, 3.63) is 47.1 Å². The number of alkyl halides is 3. The Bertz CT molecular complexity index is 606. The minimum atomic E-state index is -4.33. The van der Waals surface area contributed by atoms with Gasteiger partial charge in [-0.1, -0.05) is 23.7 Å². The predicted octanol–water partition coefficient (Wildman–Crippen LogP) is 4.20. The monoisotopic (exact) mass is 301 g/mol. The Morgan fingerprint density at radius 3 is 2.55 bits per heavy atom. The summed E-state index contributed by atoms with van der Waals surface area (Å²) in [5.41, 5.74) is 0.774. The molecule has 0 radical (unpaired) electrons. The molecule has 1 aromatic heterocycles. The van der Waals surface area contributed by atoms with E-state index in [-0.39, 0.29) is 6.42 Å². The van der Waals surface area contributed by atoms with Gasteiger partial charge in [0.2, 0.25) is 0 Å². The molecule has 0 bridgehead atoms. The van der Waals surface area contributed by atoms with E-state index in [0.29, 0.717) is 10.8 Å². The third-order valence-electron chi connectivity index (χ3n) is 3.40. The summed E-state index contributed by atoms with van der Waals surface area (Å²) in [7, 11) is 0. The van der Waals surface area contributed by atoms with Crippen molar-refractivity contribution >= 4 is 17.4 Å². The summed E-state index contributed by atoms with van der Waals surface area (Å²) in [4.78, 5) is 0. The van der Waals surface area contributed by atoms with Crippen molar-refractivity contribution in [2.24, 2.45) is 0 Å². The largest absolute Gasteiger partial charge is 0.410 e. The van der Waals surface area contributed by atoms with Crippen molar-refractivity contribution < 1.29 is 13.2 Å². The number of aromatic nitrogens is 2. The molecule has 0 saturated carbocycles. The zero-order valence-corrected chi connectivity index (χ0v) is 11.0. The predicted molar refractivity (Wildman–Crippen MR) is 69.8 cm³/mol. The van der Waals surface area contributed by atoms with Gasteiger partial charge in [-0.05, 0) is 17.7 Å². The highest BCUT2D eigenvalue weighted by Gasteiger charge is 2.46. The Balaban J connectivity index is 1.95. The van der Waals surface area contributed by atoms with Crippen LogP contribution in [0.15, 0.2) is 36.5 Å². The lowest BCUT2D eigenvalue weighted by Crippen LogP contribution is -2.35. The van der Waals surface area contributed by atoms with Gasteiger partial charge in [0, 0.05) is 17.5 Å². The Kier molecular flexibility index (Phi) is 3.12. The standard InChI is InChI=1S/C13H11ClF3N3/c14-9-3-1-8(2-4-9)10-7-11(13(15,16)17)20-12(19-10)5-6-18-20/h1-6,10-11,19H,7H2. The first-order chi connectivity index (χ1) is 9.45. The maximum absolute atomic E-state index is 13.1. The Hall–Kier alpha value is -1.69. The molecule has 106 valence electrons. The Morgan fingerprint density at radius 1 is 1.20 bits per heavy atom.